The molecule has 0 N–H and O–H groups in total. The lowest BCUT2D eigenvalue weighted by molar-refractivity contribution is -0.0562. The normalized spacial score (nSPS) is 18.5. The van der Waals surface area contributed by atoms with Crippen LogP contribution in [0, 0.1) is 19.9 Å². The first-order chi connectivity index (χ1) is 18.8. The average Bonchev–Trinajstić information content (AvgIpc) is 3.52. The molecule has 198 valence electrons. The summed E-state index contributed by atoms with van der Waals surface area (Å²) in [5, 5.41) is 3.76. The SMILES string of the molecule is Cc1ccc(C(=O)OC[C@@H]2O[C@@H](n3ccc4c(N=[N+]=[N-])nc(F)nc43)C[C@@H]2OC(=O)c2ccc(C)cc2)cc1. The fraction of sp³-hybridized carbons (Fsp3) is 0.259. The lowest BCUT2D eigenvalue weighted by Crippen LogP contribution is -2.32. The number of carbonyl (C=O) groups excluding carboxylic acids is 2. The van der Waals surface area contributed by atoms with Crippen molar-refractivity contribution >= 4 is 28.8 Å². The molecule has 0 amide bonds. The Morgan fingerprint density at radius 3 is 2.33 bits per heavy atom. The fourth-order valence-corrected chi connectivity index (χ4v) is 4.31. The first-order valence-electron chi connectivity index (χ1n) is 12.1. The summed E-state index contributed by atoms with van der Waals surface area (Å²) >= 11 is 0. The van der Waals surface area contributed by atoms with E-state index in [1.807, 2.05) is 13.8 Å². The Morgan fingerprint density at radius 2 is 1.69 bits per heavy atom. The number of nitrogens with zero attached hydrogens (tertiary/aromatic N) is 6. The highest BCUT2D eigenvalue weighted by Gasteiger charge is 2.40. The number of ether oxygens (including phenoxy) is 3. The van der Waals surface area contributed by atoms with Gasteiger partial charge in [-0.1, -0.05) is 35.4 Å². The first-order valence-corrected chi connectivity index (χ1v) is 12.1. The van der Waals surface area contributed by atoms with Gasteiger partial charge in [-0.3, -0.25) is 0 Å². The summed E-state index contributed by atoms with van der Waals surface area (Å²) in [5.41, 5.74) is 11.7. The van der Waals surface area contributed by atoms with Crippen LogP contribution in [-0.4, -0.2) is 45.3 Å². The zero-order chi connectivity index (χ0) is 27.5. The molecule has 1 aliphatic heterocycles. The molecular formula is C27H23FN6O5. The van der Waals surface area contributed by atoms with Gasteiger partial charge in [0, 0.05) is 22.9 Å². The first kappa shape index (κ1) is 25.8. The van der Waals surface area contributed by atoms with Crippen molar-refractivity contribution < 1.29 is 28.2 Å². The van der Waals surface area contributed by atoms with Crippen LogP contribution in [0.2, 0.25) is 0 Å². The highest BCUT2D eigenvalue weighted by atomic mass is 19.1. The van der Waals surface area contributed by atoms with Crippen LogP contribution >= 0.6 is 0 Å². The molecule has 1 saturated heterocycles. The summed E-state index contributed by atoms with van der Waals surface area (Å²) in [6.07, 6.45) is -1.70. The van der Waals surface area contributed by atoms with Crippen LogP contribution in [0.1, 0.15) is 44.5 Å². The van der Waals surface area contributed by atoms with Crippen LogP contribution in [-0.2, 0) is 14.2 Å². The van der Waals surface area contributed by atoms with Gasteiger partial charge in [0.25, 0.3) is 0 Å². The van der Waals surface area contributed by atoms with Crippen molar-refractivity contribution in [2.45, 2.75) is 38.7 Å². The predicted molar refractivity (Wildman–Crippen MR) is 137 cm³/mol. The summed E-state index contributed by atoms with van der Waals surface area (Å²) in [6.45, 7) is 3.62. The van der Waals surface area contributed by atoms with Crippen LogP contribution in [0.25, 0.3) is 21.5 Å². The zero-order valence-corrected chi connectivity index (χ0v) is 21.0. The third-order valence-corrected chi connectivity index (χ3v) is 6.37. The van der Waals surface area contributed by atoms with Gasteiger partial charge in [0.1, 0.15) is 36.5 Å². The molecule has 5 rings (SSSR count). The summed E-state index contributed by atoms with van der Waals surface area (Å²) in [4.78, 5) is 35.6. The molecule has 3 heterocycles. The Hall–Kier alpha value is -4.80. The second-order valence-electron chi connectivity index (χ2n) is 9.11. The number of aryl methyl sites for hydroxylation is 2. The van der Waals surface area contributed by atoms with Crippen molar-refractivity contribution in [2.24, 2.45) is 5.11 Å². The number of hydrogen-bond donors (Lipinski definition) is 0. The van der Waals surface area contributed by atoms with Crippen molar-refractivity contribution in [1.82, 2.24) is 14.5 Å². The van der Waals surface area contributed by atoms with Gasteiger partial charge in [-0.25, -0.2) is 9.59 Å². The van der Waals surface area contributed by atoms with Gasteiger partial charge in [0.2, 0.25) is 0 Å². The van der Waals surface area contributed by atoms with E-state index < -0.39 is 36.5 Å². The average molecular weight is 531 g/mol. The number of aromatic nitrogens is 3. The third-order valence-electron chi connectivity index (χ3n) is 6.37. The van der Waals surface area contributed by atoms with Crippen molar-refractivity contribution in [1.29, 1.82) is 0 Å². The number of halogens is 1. The highest BCUT2D eigenvalue weighted by molar-refractivity contribution is 5.90. The van der Waals surface area contributed by atoms with Gasteiger partial charge < -0.3 is 18.8 Å². The molecule has 0 unspecified atom stereocenters. The van der Waals surface area contributed by atoms with Crippen LogP contribution in [0.4, 0.5) is 10.2 Å². The lowest BCUT2D eigenvalue weighted by atomic mass is 10.1. The summed E-state index contributed by atoms with van der Waals surface area (Å²) in [7, 11) is 0. The maximum absolute atomic E-state index is 14.1. The summed E-state index contributed by atoms with van der Waals surface area (Å²) < 4.78 is 33.1. The molecule has 39 heavy (non-hydrogen) atoms. The van der Waals surface area contributed by atoms with Gasteiger partial charge in [0.05, 0.1) is 11.1 Å². The van der Waals surface area contributed by atoms with E-state index in [0.29, 0.717) is 16.5 Å². The molecule has 1 fully saturated rings. The van der Waals surface area contributed by atoms with E-state index in [9.17, 15) is 14.0 Å². The van der Waals surface area contributed by atoms with E-state index >= 15 is 0 Å². The quantitative estimate of drug-likeness (QED) is 0.101. The van der Waals surface area contributed by atoms with Crippen LogP contribution < -0.4 is 0 Å². The Bertz CT molecular complexity index is 1580. The van der Waals surface area contributed by atoms with Gasteiger partial charge in [0.15, 0.2) is 0 Å². The number of hydrogen-bond acceptors (Lipinski definition) is 8. The minimum atomic E-state index is -1.08. The molecule has 12 heteroatoms. The number of carbonyl (C=O) groups is 2. The highest BCUT2D eigenvalue weighted by Crippen LogP contribution is 2.35. The number of esters is 2. The predicted octanol–water partition coefficient (Wildman–Crippen LogP) is 5.50. The fourth-order valence-electron chi connectivity index (χ4n) is 4.31. The topological polar surface area (TPSA) is 141 Å². The molecule has 11 nitrogen and oxygen atoms in total. The molecule has 0 aliphatic carbocycles. The van der Waals surface area contributed by atoms with E-state index in [1.54, 1.807) is 60.8 Å². The van der Waals surface area contributed by atoms with Crippen molar-refractivity contribution in [3.63, 3.8) is 0 Å². The van der Waals surface area contributed by atoms with Crippen LogP contribution in [0.5, 0.6) is 0 Å². The Morgan fingerprint density at radius 1 is 1.05 bits per heavy atom. The van der Waals surface area contributed by atoms with Gasteiger partial charge in [-0.2, -0.15) is 14.4 Å². The number of azide groups is 1. The number of benzene rings is 2. The Balaban J connectivity index is 1.40. The van der Waals surface area contributed by atoms with E-state index in [1.165, 1.54) is 4.57 Å². The molecule has 1 aliphatic rings. The van der Waals surface area contributed by atoms with Crippen LogP contribution in [0.15, 0.2) is 65.9 Å². The van der Waals surface area contributed by atoms with Crippen molar-refractivity contribution in [3.8, 4) is 0 Å². The van der Waals surface area contributed by atoms with Gasteiger partial charge in [-0.15, -0.1) is 0 Å². The lowest BCUT2D eigenvalue weighted by Gasteiger charge is -2.19. The van der Waals surface area contributed by atoms with Crippen molar-refractivity contribution in [2.75, 3.05) is 6.61 Å². The molecule has 0 bridgehead atoms. The maximum Gasteiger partial charge on any atom is 0.338 e. The largest absolute Gasteiger partial charge is 0.459 e. The third kappa shape index (κ3) is 5.57. The number of fused-ring (bicyclic) bond motifs is 1. The molecule has 4 aromatic rings. The van der Waals surface area contributed by atoms with E-state index in [4.69, 9.17) is 19.7 Å². The van der Waals surface area contributed by atoms with Crippen LogP contribution in [0.3, 0.4) is 0 Å². The smallest absolute Gasteiger partial charge is 0.338 e. The van der Waals surface area contributed by atoms with Gasteiger partial charge >= 0.3 is 18.0 Å². The summed E-state index contributed by atoms with van der Waals surface area (Å²) in [5.74, 6) is -1.27. The van der Waals surface area contributed by atoms with E-state index in [2.05, 4.69) is 20.0 Å². The summed E-state index contributed by atoms with van der Waals surface area (Å²) in [6, 6.07) is 15.4. The Kier molecular flexibility index (Phi) is 7.22. The molecule has 2 aromatic carbocycles. The molecule has 3 atom stereocenters. The minimum Gasteiger partial charge on any atom is -0.459 e. The second kappa shape index (κ2) is 10.9. The molecular weight excluding hydrogens is 507 g/mol. The minimum absolute atomic E-state index is 0.135. The van der Waals surface area contributed by atoms with E-state index in [0.717, 1.165) is 11.1 Å². The molecule has 0 radical (unpaired) electrons. The zero-order valence-electron chi connectivity index (χ0n) is 21.0. The second-order valence-corrected chi connectivity index (χ2v) is 9.11. The molecule has 2 aromatic heterocycles. The Labute approximate surface area is 221 Å². The maximum atomic E-state index is 14.1. The standard InChI is InChI=1S/C27H23FN6O5/c1-15-3-7-17(8-4-15)25(35)37-14-21-20(39-26(36)18-9-5-16(2)6-10-18)13-22(38-21)34-12-11-19-23(32-33-29)30-27(28)31-24(19)34/h3-12,20-22H,13-14H2,1-2H3/t20-,21-,22+/m0/s1. The molecule has 0 saturated carbocycles. The monoisotopic (exact) mass is 530 g/mol. The van der Waals surface area contributed by atoms with Gasteiger partial charge in [-0.05, 0) is 54.8 Å². The molecule has 0 spiro atoms. The number of rotatable bonds is 7. The van der Waals surface area contributed by atoms with E-state index in [-0.39, 0.29) is 24.5 Å². The van der Waals surface area contributed by atoms with Crippen molar-refractivity contribution in [3.05, 3.63) is 99.6 Å².